The third-order valence-corrected chi connectivity index (χ3v) is 1.10. The third-order valence-electron chi connectivity index (χ3n) is 1.10. The van der Waals surface area contributed by atoms with Crippen molar-refractivity contribution in [2.24, 2.45) is 0 Å². The summed E-state index contributed by atoms with van der Waals surface area (Å²) in [7, 11) is 1.77. The molecule has 1 rings (SSSR count). The predicted octanol–water partition coefficient (Wildman–Crippen LogP) is 0.500. The largest absolute Gasteiger partial charge is 0.372 e. The summed E-state index contributed by atoms with van der Waals surface area (Å²) in [5.74, 6) is 3.15. The van der Waals surface area contributed by atoms with Gasteiger partial charge in [-0.3, -0.25) is 0 Å². The van der Waals surface area contributed by atoms with Crippen LogP contribution in [0.1, 0.15) is 5.56 Å². The minimum Gasteiger partial charge on any atom is -0.372 e. The fourth-order valence-electron chi connectivity index (χ4n) is 0.634. The van der Waals surface area contributed by atoms with Crippen molar-refractivity contribution in [2.45, 2.75) is 0 Å². The van der Waals surface area contributed by atoms with Gasteiger partial charge >= 0.3 is 0 Å². The van der Waals surface area contributed by atoms with Crippen LogP contribution in [-0.4, -0.2) is 17.0 Å². The first-order valence-corrected chi connectivity index (χ1v) is 2.83. The van der Waals surface area contributed by atoms with E-state index in [-0.39, 0.29) is 0 Å². The van der Waals surface area contributed by atoms with Gasteiger partial charge in [-0.05, 0) is 0 Å². The van der Waals surface area contributed by atoms with E-state index in [0.29, 0.717) is 11.4 Å². The number of nitrogens with zero attached hydrogens (tertiary/aromatic N) is 2. The average Bonchev–Trinajstić information content (AvgIpc) is 2.04. The molecule has 0 amide bonds. The predicted molar refractivity (Wildman–Crippen MR) is 39.5 cm³/mol. The lowest BCUT2D eigenvalue weighted by atomic mass is 10.3. The molecule has 0 aromatic carbocycles. The maximum Gasteiger partial charge on any atom is 0.144 e. The highest BCUT2D eigenvalue weighted by atomic mass is 15.0. The fourth-order valence-corrected chi connectivity index (χ4v) is 0.634. The Morgan fingerprint density at radius 2 is 2.50 bits per heavy atom. The Hall–Kier alpha value is -1.56. The molecule has 3 nitrogen and oxygen atoms in total. The molecule has 0 atom stereocenters. The maximum atomic E-state index is 5.16. The van der Waals surface area contributed by atoms with Crippen molar-refractivity contribution in [1.29, 1.82) is 0 Å². The Kier molecular flexibility index (Phi) is 1.86. The van der Waals surface area contributed by atoms with Gasteiger partial charge in [-0.25, -0.2) is 9.97 Å². The molecule has 1 N–H and O–H groups in total. The van der Waals surface area contributed by atoms with E-state index in [0.717, 1.165) is 0 Å². The number of nitrogens with one attached hydrogen (secondary N) is 1. The number of rotatable bonds is 1. The normalized spacial score (nSPS) is 8.40. The number of hydrogen-bond acceptors (Lipinski definition) is 3. The smallest absolute Gasteiger partial charge is 0.144 e. The molecule has 0 fully saturated rings. The van der Waals surface area contributed by atoms with E-state index in [4.69, 9.17) is 6.42 Å². The molecular formula is C7H7N3. The number of hydrogen-bond donors (Lipinski definition) is 1. The van der Waals surface area contributed by atoms with Gasteiger partial charge in [-0.1, -0.05) is 5.92 Å². The van der Waals surface area contributed by atoms with Gasteiger partial charge in [0.05, 0.1) is 5.56 Å². The summed E-state index contributed by atoms with van der Waals surface area (Å²) in [6.07, 6.45) is 8.20. The van der Waals surface area contributed by atoms with Crippen molar-refractivity contribution >= 4 is 5.82 Å². The SMILES string of the molecule is C#Cc1cncnc1NC. The monoisotopic (exact) mass is 133 g/mol. The van der Waals surface area contributed by atoms with Crippen LogP contribution in [0.25, 0.3) is 0 Å². The van der Waals surface area contributed by atoms with E-state index in [1.54, 1.807) is 13.2 Å². The highest BCUT2D eigenvalue weighted by Gasteiger charge is 1.94. The van der Waals surface area contributed by atoms with Crippen molar-refractivity contribution in [2.75, 3.05) is 12.4 Å². The van der Waals surface area contributed by atoms with Gasteiger partial charge in [0.2, 0.25) is 0 Å². The molecule has 1 heterocycles. The number of aromatic nitrogens is 2. The van der Waals surface area contributed by atoms with Crippen LogP contribution in [0.4, 0.5) is 5.82 Å². The fraction of sp³-hybridized carbons (Fsp3) is 0.143. The number of terminal acetylenes is 1. The zero-order valence-corrected chi connectivity index (χ0v) is 5.63. The van der Waals surface area contributed by atoms with Gasteiger partial charge in [-0.2, -0.15) is 0 Å². The van der Waals surface area contributed by atoms with Gasteiger partial charge in [0, 0.05) is 13.2 Å². The Balaban J connectivity index is 3.12. The molecule has 0 aliphatic heterocycles. The van der Waals surface area contributed by atoms with Gasteiger partial charge in [0.1, 0.15) is 12.1 Å². The maximum absolute atomic E-state index is 5.16. The Morgan fingerprint density at radius 1 is 1.70 bits per heavy atom. The molecule has 0 radical (unpaired) electrons. The highest BCUT2D eigenvalue weighted by molar-refractivity contribution is 5.50. The summed E-state index contributed by atoms with van der Waals surface area (Å²) in [6, 6.07) is 0. The molecule has 3 heteroatoms. The lowest BCUT2D eigenvalue weighted by Gasteiger charge is -1.98. The van der Waals surface area contributed by atoms with Gasteiger partial charge in [0.15, 0.2) is 0 Å². The summed E-state index contributed by atoms with van der Waals surface area (Å²) in [5, 5.41) is 2.85. The summed E-state index contributed by atoms with van der Waals surface area (Å²) in [4.78, 5) is 7.67. The van der Waals surface area contributed by atoms with Crippen LogP contribution in [0.15, 0.2) is 12.5 Å². The molecule has 0 aliphatic rings. The van der Waals surface area contributed by atoms with Crippen LogP contribution in [0.2, 0.25) is 0 Å². The summed E-state index contributed by atoms with van der Waals surface area (Å²) in [5.41, 5.74) is 0.685. The average molecular weight is 133 g/mol. The van der Waals surface area contributed by atoms with Crippen molar-refractivity contribution in [1.82, 2.24) is 9.97 Å². The van der Waals surface area contributed by atoms with Gasteiger partial charge in [0.25, 0.3) is 0 Å². The van der Waals surface area contributed by atoms with Crippen molar-refractivity contribution in [3.63, 3.8) is 0 Å². The topological polar surface area (TPSA) is 37.8 Å². The van der Waals surface area contributed by atoms with E-state index in [2.05, 4.69) is 21.2 Å². The molecule has 0 saturated carbocycles. The molecular weight excluding hydrogens is 126 g/mol. The van der Waals surface area contributed by atoms with E-state index < -0.39 is 0 Å². The molecule has 0 spiro atoms. The second kappa shape index (κ2) is 2.83. The third kappa shape index (κ3) is 1.06. The second-order valence-corrected chi connectivity index (χ2v) is 1.68. The minimum absolute atomic E-state index is 0.685. The molecule has 1 aromatic heterocycles. The van der Waals surface area contributed by atoms with Crippen LogP contribution >= 0.6 is 0 Å². The summed E-state index contributed by atoms with van der Waals surface area (Å²) < 4.78 is 0. The van der Waals surface area contributed by atoms with Crippen LogP contribution in [0, 0.1) is 12.3 Å². The first-order chi connectivity index (χ1) is 4.88. The summed E-state index contributed by atoms with van der Waals surface area (Å²) >= 11 is 0. The van der Waals surface area contributed by atoms with E-state index >= 15 is 0 Å². The minimum atomic E-state index is 0.685. The van der Waals surface area contributed by atoms with Crippen molar-refractivity contribution < 1.29 is 0 Å². The standard InChI is InChI=1S/C7H7N3/c1-3-6-4-9-5-10-7(6)8-2/h1,4-5H,2H3,(H,8,9,10). The Labute approximate surface area is 59.5 Å². The number of anilines is 1. The zero-order chi connectivity index (χ0) is 7.40. The van der Waals surface area contributed by atoms with E-state index in [9.17, 15) is 0 Å². The molecule has 50 valence electrons. The van der Waals surface area contributed by atoms with Crippen molar-refractivity contribution in [3.05, 3.63) is 18.1 Å². The van der Waals surface area contributed by atoms with E-state index in [1.807, 2.05) is 0 Å². The van der Waals surface area contributed by atoms with Crippen LogP contribution < -0.4 is 5.32 Å². The molecule has 0 unspecified atom stereocenters. The summed E-state index contributed by atoms with van der Waals surface area (Å²) in [6.45, 7) is 0. The van der Waals surface area contributed by atoms with Gasteiger partial charge < -0.3 is 5.32 Å². The first kappa shape index (κ1) is 6.56. The zero-order valence-electron chi connectivity index (χ0n) is 5.63. The van der Waals surface area contributed by atoms with Crippen LogP contribution in [-0.2, 0) is 0 Å². The van der Waals surface area contributed by atoms with Crippen LogP contribution in [0.3, 0.4) is 0 Å². The van der Waals surface area contributed by atoms with E-state index in [1.165, 1.54) is 6.33 Å². The van der Waals surface area contributed by atoms with Crippen LogP contribution in [0.5, 0.6) is 0 Å². The molecule has 10 heavy (non-hydrogen) atoms. The lowest BCUT2D eigenvalue weighted by Crippen LogP contribution is -1.95. The molecule has 0 bridgehead atoms. The van der Waals surface area contributed by atoms with Gasteiger partial charge in [-0.15, -0.1) is 6.42 Å². The lowest BCUT2D eigenvalue weighted by molar-refractivity contribution is 1.15. The first-order valence-electron chi connectivity index (χ1n) is 2.83. The molecule has 1 aromatic rings. The quantitative estimate of drug-likeness (QED) is 0.567. The Morgan fingerprint density at radius 3 is 3.00 bits per heavy atom. The highest BCUT2D eigenvalue weighted by Crippen LogP contribution is 2.05. The van der Waals surface area contributed by atoms with Crippen molar-refractivity contribution in [3.8, 4) is 12.3 Å². The molecule has 0 saturated heterocycles. The second-order valence-electron chi connectivity index (χ2n) is 1.68. The Bertz CT molecular complexity index is 262. The molecule has 0 aliphatic carbocycles.